The van der Waals surface area contributed by atoms with Crippen molar-refractivity contribution in [1.29, 1.82) is 0 Å². The average Bonchev–Trinajstić information content (AvgIpc) is 2.76. The van der Waals surface area contributed by atoms with Crippen molar-refractivity contribution in [3.8, 4) is 5.69 Å². The topological polar surface area (TPSA) is 55.1 Å². The molecule has 0 radical (unpaired) electrons. The first kappa shape index (κ1) is 12.4. The first-order valence-corrected chi connectivity index (χ1v) is 5.98. The Bertz CT molecular complexity index is 529. The molecule has 0 aliphatic carbocycles. The number of imidazole rings is 1. The van der Waals surface area contributed by atoms with Gasteiger partial charge in [0, 0.05) is 24.5 Å². The zero-order valence-electron chi connectivity index (χ0n) is 10.3. The highest BCUT2D eigenvalue weighted by molar-refractivity contribution is 5.66. The summed E-state index contributed by atoms with van der Waals surface area (Å²) in [6.45, 7) is 1.96. The van der Waals surface area contributed by atoms with E-state index in [1.807, 2.05) is 42.0 Å². The van der Waals surface area contributed by atoms with E-state index in [0.717, 1.165) is 23.5 Å². The molecule has 1 aromatic heterocycles. The lowest BCUT2D eigenvalue weighted by atomic mass is 10.1. The quantitative estimate of drug-likeness (QED) is 0.879. The van der Waals surface area contributed by atoms with Crippen molar-refractivity contribution in [3.63, 3.8) is 0 Å². The van der Waals surface area contributed by atoms with Crippen LogP contribution in [0.5, 0.6) is 0 Å². The molecule has 0 aliphatic rings. The van der Waals surface area contributed by atoms with Gasteiger partial charge < -0.3 is 9.67 Å². The Labute approximate surface area is 106 Å². The van der Waals surface area contributed by atoms with E-state index in [0.29, 0.717) is 6.42 Å². The summed E-state index contributed by atoms with van der Waals surface area (Å²) in [5.41, 5.74) is 2.24. The number of carboxylic acids is 1. The van der Waals surface area contributed by atoms with Crippen LogP contribution in [0.3, 0.4) is 0 Å². The van der Waals surface area contributed by atoms with Gasteiger partial charge in [0.25, 0.3) is 0 Å². The van der Waals surface area contributed by atoms with E-state index < -0.39 is 5.97 Å². The number of hydrogen-bond acceptors (Lipinski definition) is 2. The third kappa shape index (κ3) is 2.97. The lowest BCUT2D eigenvalue weighted by Gasteiger charge is -2.06. The number of aryl methyl sites for hydroxylation is 2. The molecule has 0 saturated carbocycles. The van der Waals surface area contributed by atoms with Crippen LogP contribution in [-0.2, 0) is 11.2 Å². The molecule has 0 saturated heterocycles. The fourth-order valence-electron chi connectivity index (χ4n) is 1.92. The number of hydrogen-bond donors (Lipinski definition) is 1. The Morgan fingerprint density at radius 2 is 2.06 bits per heavy atom. The van der Waals surface area contributed by atoms with Crippen LogP contribution in [0.2, 0.25) is 0 Å². The van der Waals surface area contributed by atoms with E-state index in [1.54, 1.807) is 6.20 Å². The minimum Gasteiger partial charge on any atom is -0.481 e. The monoisotopic (exact) mass is 244 g/mol. The largest absolute Gasteiger partial charge is 0.481 e. The summed E-state index contributed by atoms with van der Waals surface area (Å²) in [4.78, 5) is 14.6. The number of rotatable bonds is 5. The van der Waals surface area contributed by atoms with E-state index in [2.05, 4.69) is 4.98 Å². The predicted octanol–water partition coefficient (Wildman–Crippen LogP) is 2.59. The molecule has 1 aromatic carbocycles. The van der Waals surface area contributed by atoms with Gasteiger partial charge >= 0.3 is 5.97 Å². The van der Waals surface area contributed by atoms with Gasteiger partial charge in [0.05, 0.1) is 0 Å². The molecule has 4 nitrogen and oxygen atoms in total. The fraction of sp³-hybridized carbons (Fsp3) is 0.286. The lowest BCUT2D eigenvalue weighted by Crippen LogP contribution is -1.97. The van der Waals surface area contributed by atoms with Crippen LogP contribution in [0.25, 0.3) is 5.69 Å². The van der Waals surface area contributed by atoms with Gasteiger partial charge in [0.15, 0.2) is 0 Å². The molecule has 0 spiro atoms. The second kappa shape index (κ2) is 5.49. The highest BCUT2D eigenvalue weighted by Gasteiger charge is 2.01. The summed E-state index contributed by atoms with van der Waals surface area (Å²) >= 11 is 0. The van der Waals surface area contributed by atoms with E-state index in [1.165, 1.54) is 0 Å². The Kier molecular flexibility index (Phi) is 3.77. The van der Waals surface area contributed by atoms with Crippen LogP contribution in [0, 0.1) is 6.92 Å². The number of nitrogens with zero attached hydrogens (tertiary/aromatic N) is 2. The molecule has 0 unspecified atom stereocenters. The minimum absolute atomic E-state index is 0.225. The van der Waals surface area contributed by atoms with Crippen LogP contribution < -0.4 is 0 Å². The fourth-order valence-corrected chi connectivity index (χ4v) is 1.92. The molecule has 4 heteroatoms. The molecule has 2 aromatic rings. The second-order valence-corrected chi connectivity index (χ2v) is 4.26. The third-order valence-corrected chi connectivity index (χ3v) is 2.90. The van der Waals surface area contributed by atoms with Crippen LogP contribution in [-0.4, -0.2) is 20.6 Å². The first-order valence-electron chi connectivity index (χ1n) is 5.98. The molecule has 0 fully saturated rings. The van der Waals surface area contributed by atoms with Gasteiger partial charge in [0.1, 0.15) is 5.82 Å². The Morgan fingerprint density at radius 3 is 2.61 bits per heavy atom. The number of aromatic nitrogens is 2. The van der Waals surface area contributed by atoms with Crippen molar-refractivity contribution < 1.29 is 9.90 Å². The SMILES string of the molecule is Cc1nccn1-c1ccc(CCCC(=O)O)cc1. The van der Waals surface area contributed by atoms with Gasteiger partial charge in [-0.15, -0.1) is 0 Å². The van der Waals surface area contributed by atoms with E-state index in [-0.39, 0.29) is 6.42 Å². The number of carboxylic acid groups (broad SMARTS) is 1. The highest BCUT2D eigenvalue weighted by atomic mass is 16.4. The van der Waals surface area contributed by atoms with Gasteiger partial charge in [-0.25, -0.2) is 4.98 Å². The molecular weight excluding hydrogens is 228 g/mol. The van der Waals surface area contributed by atoms with E-state index >= 15 is 0 Å². The Hall–Kier alpha value is -2.10. The molecule has 94 valence electrons. The van der Waals surface area contributed by atoms with E-state index in [4.69, 9.17) is 5.11 Å². The van der Waals surface area contributed by atoms with Crippen molar-refractivity contribution >= 4 is 5.97 Å². The molecular formula is C14H16N2O2. The molecule has 18 heavy (non-hydrogen) atoms. The molecule has 0 atom stereocenters. The van der Waals surface area contributed by atoms with Crippen LogP contribution in [0.1, 0.15) is 24.2 Å². The van der Waals surface area contributed by atoms with Gasteiger partial charge in [0.2, 0.25) is 0 Å². The summed E-state index contributed by atoms with van der Waals surface area (Å²) in [5.74, 6) is 0.217. The minimum atomic E-state index is -0.735. The summed E-state index contributed by atoms with van der Waals surface area (Å²) in [7, 11) is 0. The average molecular weight is 244 g/mol. The van der Waals surface area contributed by atoms with Crippen molar-refractivity contribution in [1.82, 2.24) is 9.55 Å². The highest BCUT2D eigenvalue weighted by Crippen LogP contribution is 2.13. The molecule has 1 heterocycles. The van der Waals surface area contributed by atoms with Crippen LogP contribution in [0.4, 0.5) is 0 Å². The maximum absolute atomic E-state index is 10.4. The van der Waals surface area contributed by atoms with Crippen molar-refractivity contribution in [3.05, 3.63) is 48.0 Å². The van der Waals surface area contributed by atoms with Gasteiger partial charge in [-0.1, -0.05) is 12.1 Å². The standard InChI is InChI=1S/C14H16N2O2/c1-11-15-9-10-16(11)13-7-5-12(6-8-13)3-2-4-14(17)18/h5-10H,2-4H2,1H3,(H,17,18). The van der Waals surface area contributed by atoms with E-state index in [9.17, 15) is 4.79 Å². The normalized spacial score (nSPS) is 10.5. The maximum Gasteiger partial charge on any atom is 0.303 e. The number of aliphatic carboxylic acids is 1. The Morgan fingerprint density at radius 1 is 1.33 bits per heavy atom. The van der Waals surface area contributed by atoms with Crippen molar-refractivity contribution in [2.24, 2.45) is 0 Å². The second-order valence-electron chi connectivity index (χ2n) is 4.26. The zero-order chi connectivity index (χ0) is 13.0. The molecule has 0 aliphatic heterocycles. The zero-order valence-corrected chi connectivity index (χ0v) is 10.3. The van der Waals surface area contributed by atoms with Crippen LogP contribution in [0.15, 0.2) is 36.7 Å². The summed E-state index contributed by atoms with van der Waals surface area (Å²) in [6, 6.07) is 8.14. The molecule has 1 N–H and O–H groups in total. The first-order chi connectivity index (χ1) is 8.66. The number of carbonyl (C=O) groups is 1. The number of benzene rings is 1. The van der Waals surface area contributed by atoms with Gasteiger partial charge in [-0.2, -0.15) is 0 Å². The smallest absolute Gasteiger partial charge is 0.303 e. The molecule has 0 amide bonds. The predicted molar refractivity (Wildman–Crippen MR) is 68.9 cm³/mol. The summed E-state index contributed by atoms with van der Waals surface area (Å²) in [6.07, 6.45) is 5.40. The summed E-state index contributed by atoms with van der Waals surface area (Å²) in [5, 5.41) is 8.58. The van der Waals surface area contributed by atoms with Gasteiger partial charge in [-0.05, 0) is 37.5 Å². The molecule has 0 bridgehead atoms. The van der Waals surface area contributed by atoms with Crippen molar-refractivity contribution in [2.45, 2.75) is 26.2 Å². The third-order valence-electron chi connectivity index (χ3n) is 2.90. The van der Waals surface area contributed by atoms with Crippen molar-refractivity contribution in [2.75, 3.05) is 0 Å². The van der Waals surface area contributed by atoms with Gasteiger partial charge in [-0.3, -0.25) is 4.79 Å². The van der Waals surface area contributed by atoms with Crippen LogP contribution >= 0.6 is 0 Å². The molecule has 2 rings (SSSR count). The maximum atomic E-state index is 10.4. The Balaban J connectivity index is 2.02. The summed E-state index contributed by atoms with van der Waals surface area (Å²) < 4.78 is 2.01. The lowest BCUT2D eigenvalue weighted by molar-refractivity contribution is -0.137.